The van der Waals surface area contributed by atoms with E-state index in [0.29, 0.717) is 25.1 Å². The molecule has 1 aliphatic heterocycles. The lowest BCUT2D eigenvalue weighted by Crippen LogP contribution is -2.41. The maximum atomic E-state index is 12.8. The number of likely N-dealkylation sites (tertiary alicyclic amines) is 1. The van der Waals surface area contributed by atoms with Crippen molar-refractivity contribution in [1.29, 1.82) is 0 Å². The van der Waals surface area contributed by atoms with E-state index < -0.39 is 6.04 Å². The van der Waals surface area contributed by atoms with Gasteiger partial charge in [-0.15, -0.1) is 0 Å². The smallest absolute Gasteiger partial charge is 0.328 e. The number of unbranched alkanes of at least 4 members (excludes halogenated alkanes) is 7. The average Bonchev–Trinajstić information content (AvgIpc) is 3.16. The van der Waals surface area contributed by atoms with Gasteiger partial charge in [0, 0.05) is 11.0 Å². The van der Waals surface area contributed by atoms with Gasteiger partial charge in [0.2, 0.25) is 0 Å². The van der Waals surface area contributed by atoms with E-state index >= 15 is 0 Å². The van der Waals surface area contributed by atoms with Gasteiger partial charge < -0.3 is 9.64 Å². The summed E-state index contributed by atoms with van der Waals surface area (Å²) >= 11 is 3.42. The molecule has 1 aromatic carbocycles. The highest BCUT2D eigenvalue weighted by Gasteiger charge is 2.36. The first-order valence-electron chi connectivity index (χ1n) is 10.4. The van der Waals surface area contributed by atoms with Crippen LogP contribution in [0.4, 0.5) is 0 Å². The number of carbonyl (C=O) groups is 2. The van der Waals surface area contributed by atoms with Crippen LogP contribution in [0.3, 0.4) is 0 Å². The molecule has 5 heteroatoms. The normalized spacial score (nSPS) is 16.5. The number of hydrogen-bond donors (Lipinski definition) is 0. The predicted molar refractivity (Wildman–Crippen MR) is 112 cm³/mol. The molecule has 0 spiro atoms. The molecule has 1 fully saturated rings. The number of carbonyl (C=O) groups excluding carboxylic acids is 2. The number of hydrogen-bond acceptors (Lipinski definition) is 3. The van der Waals surface area contributed by atoms with Gasteiger partial charge in [0.25, 0.3) is 5.91 Å². The number of nitrogens with zero attached hydrogens (tertiary/aromatic N) is 1. The fourth-order valence-electron chi connectivity index (χ4n) is 3.55. The molecule has 0 aromatic heterocycles. The van der Waals surface area contributed by atoms with Crippen LogP contribution in [0, 0.1) is 0 Å². The molecule has 1 atom stereocenters. The third-order valence-electron chi connectivity index (χ3n) is 5.13. The largest absolute Gasteiger partial charge is 0.464 e. The third-order valence-corrected chi connectivity index (χ3v) is 5.82. The van der Waals surface area contributed by atoms with Crippen LogP contribution in [0.5, 0.6) is 0 Å². The summed E-state index contributed by atoms with van der Waals surface area (Å²) in [5, 5.41) is 0. The quantitative estimate of drug-likeness (QED) is 0.327. The Morgan fingerprint density at radius 1 is 1.07 bits per heavy atom. The van der Waals surface area contributed by atoms with Crippen LogP contribution in [-0.4, -0.2) is 36.0 Å². The lowest BCUT2D eigenvalue weighted by Gasteiger charge is -2.23. The van der Waals surface area contributed by atoms with Gasteiger partial charge in [-0.1, -0.05) is 64.0 Å². The molecule has 1 aromatic rings. The summed E-state index contributed by atoms with van der Waals surface area (Å²) in [5.41, 5.74) is 0.597. The van der Waals surface area contributed by atoms with Gasteiger partial charge in [-0.05, 0) is 47.3 Å². The van der Waals surface area contributed by atoms with Crippen LogP contribution in [0.25, 0.3) is 0 Å². The first-order chi connectivity index (χ1) is 13.1. The van der Waals surface area contributed by atoms with Gasteiger partial charge in [-0.25, -0.2) is 4.79 Å². The van der Waals surface area contributed by atoms with Crippen LogP contribution in [0.1, 0.15) is 81.5 Å². The van der Waals surface area contributed by atoms with Gasteiger partial charge >= 0.3 is 5.97 Å². The van der Waals surface area contributed by atoms with Crippen LogP contribution in [-0.2, 0) is 9.53 Å². The molecule has 1 amide bonds. The highest BCUT2D eigenvalue weighted by Crippen LogP contribution is 2.25. The fraction of sp³-hybridized carbons (Fsp3) is 0.636. The van der Waals surface area contributed by atoms with E-state index in [-0.39, 0.29) is 11.9 Å². The Labute approximate surface area is 171 Å². The number of halogens is 1. The number of amides is 1. The molecule has 1 saturated heterocycles. The van der Waals surface area contributed by atoms with Crippen molar-refractivity contribution in [2.75, 3.05) is 13.2 Å². The minimum atomic E-state index is -0.446. The van der Waals surface area contributed by atoms with Gasteiger partial charge in [0.1, 0.15) is 6.04 Å². The maximum absolute atomic E-state index is 12.8. The van der Waals surface area contributed by atoms with Gasteiger partial charge in [-0.2, -0.15) is 0 Å². The Morgan fingerprint density at radius 3 is 2.44 bits per heavy atom. The minimum absolute atomic E-state index is 0.103. The van der Waals surface area contributed by atoms with Crippen molar-refractivity contribution >= 4 is 27.8 Å². The Morgan fingerprint density at radius 2 is 1.74 bits per heavy atom. The fourth-order valence-corrected chi connectivity index (χ4v) is 4.00. The average molecular weight is 438 g/mol. The predicted octanol–water partition coefficient (Wildman–Crippen LogP) is 5.74. The summed E-state index contributed by atoms with van der Waals surface area (Å²) in [6, 6.07) is 6.90. The highest BCUT2D eigenvalue weighted by atomic mass is 79.9. The van der Waals surface area contributed by atoms with Crippen LogP contribution < -0.4 is 0 Å². The summed E-state index contributed by atoms with van der Waals surface area (Å²) in [6.07, 6.45) is 11.2. The molecule has 0 bridgehead atoms. The highest BCUT2D eigenvalue weighted by molar-refractivity contribution is 9.10. The van der Waals surface area contributed by atoms with Crippen molar-refractivity contribution in [3.8, 4) is 0 Å². The zero-order valence-electron chi connectivity index (χ0n) is 16.4. The molecule has 1 unspecified atom stereocenters. The van der Waals surface area contributed by atoms with E-state index in [9.17, 15) is 9.59 Å². The molecule has 0 saturated carbocycles. The van der Waals surface area contributed by atoms with Gasteiger partial charge in [-0.3, -0.25) is 4.79 Å². The Kier molecular flexibility index (Phi) is 9.89. The molecule has 0 N–H and O–H groups in total. The molecule has 0 aliphatic carbocycles. The second-order valence-corrected chi connectivity index (χ2v) is 8.13. The summed E-state index contributed by atoms with van der Waals surface area (Å²) < 4.78 is 6.23. The zero-order valence-corrected chi connectivity index (χ0v) is 18.0. The lowest BCUT2D eigenvalue weighted by molar-refractivity contribution is -0.148. The number of esters is 1. The third kappa shape index (κ3) is 6.95. The van der Waals surface area contributed by atoms with Crippen molar-refractivity contribution in [1.82, 2.24) is 4.90 Å². The van der Waals surface area contributed by atoms with E-state index in [2.05, 4.69) is 22.9 Å². The Bertz CT molecular complexity index is 605. The van der Waals surface area contributed by atoms with E-state index in [0.717, 1.165) is 23.7 Å². The van der Waals surface area contributed by atoms with E-state index in [1.807, 2.05) is 18.2 Å². The van der Waals surface area contributed by atoms with Crippen LogP contribution in [0.2, 0.25) is 0 Å². The van der Waals surface area contributed by atoms with Crippen molar-refractivity contribution in [3.05, 3.63) is 34.3 Å². The summed E-state index contributed by atoms with van der Waals surface area (Å²) in [6.45, 7) is 3.30. The first-order valence-corrected chi connectivity index (χ1v) is 11.2. The Balaban J connectivity index is 1.71. The topological polar surface area (TPSA) is 46.6 Å². The molecule has 150 valence electrons. The standard InChI is InChI=1S/C22H32BrNO3/c1-2-3-4-5-6-7-8-11-17-27-22(26)20-15-12-16-24(20)21(25)18-13-9-10-14-19(18)23/h9-10,13-14,20H,2-8,11-12,15-17H2,1H3. The molecule has 27 heavy (non-hydrogen) atoms. The maximum Gasteiger partial charge on any atom is 0.328 e. The summed E-state index contributed by atoms with van der Waals surface area (Å²) in [7, 11) is 0. The molecule has 1 heterocycles. The van der Waals surface area contributed by atoms with Crippen LogP contribution >= 0.6 is 15.9 Å². The number of rotatable bonds is 11. The SMILES string of the molecule is CCCCCCCCCCOC(=O)C1CCCN1C(=O)c1ccccc1Br. The molecule has 1 aliphatic rings. The number of benzene rings is 1. The second-order valence-electron chi connectivity index (χ2n) is 7.28. The summed E-state index contributed by atoms with van der Waals surface area (Å²) in [5.74, 6) is -0.357. The first kappa shape index (κ1) is 21.9. The van der Waals surface area contributed by atoms with Crippen molar-refractivity contribution in [3.63, 3.8) is 0 Å². The molecule has 2 rings (SSSR count). The van der Waals surface area contributed by atoms with E-state index in [1.54, 1.807) is 11.0 Å². The molecule has 4 nitrogen and oxygen atoms in total. The summed E-state index contributed by atoms with van der Waals surface area (Å²) in [4.78, 5) is 26.9. The van der Waals surface area contributed by atoms with Crippen LogP contribution in [0.15, 0.2) is 28.7 Å². The van der Waals surface area contributed by atoms with Gasteiger partial charge in [0.05, 0.1) is 12.2 Å². The molecular weight excluding hydrogens is 406 g/mol. The monoisotopic (exact) mass is 437 g/mol. The second kappa shape index (κ2) is 12.2. The van der Waals surface area contributed by atoms with Crippen molar-refractivity contribution < 1.29 is 14.3 Å². The lowest BCUT2D eigenvalue weighted by atomic mass is 10.1. The van der Waals surface area contributed by atoms with Gasteiger partial charge in [0.15, 0.2) is 0 Å². The Hall–Kier alpha value is -1.36. The van der Waals surface area contributed by atoms with Crippen molar-refractivity contribution in [2.45, 2.75) is 77.2 Å². The van der Waals surface area contributed by atoms with E-state index in [4.69, 9.17) is 4.74 Å². The zero-order chi connectivity index (χ0) is 19.5. The van der Waals surface area contributed by atoms with Crippen molar-refractivity contribution in [2.24, 2.45) is 0 Å². The number of ether oxygens (including phenoxy) is 1. The van der Waals surface area contributed by atoms with E-state index in [1.165, 1.54) is 38.5 Å². The molecule has 0 radical (unpaired) electrons. The minimum Gasteiger partial charge on any atom is -0.464 e. The molecular formula is C22H32BrNO3.